The Bertz CT molecular complexity index is 726. The smallest absolute Gasteiger partial charge is 0.224 e. The molecule has 1 amide bonds. The summed E-state index contributed by atoms with van der Waals surface area (Å²) >= 11 is 5.89. The van der Waals surface area contributed by atoms with E-state index in [9.17, 15) is 4.79 Å². The minimum Gasteiger partial charge on any atom is -0.356 e. The van der Waals surface area contributed by atoms with Gasteiger partial charge in [-0.3, -0.25) is 4.79 Å². The number of benzene rings is 1. The molecule has 0 spiro atoms. The number of hydrogen-bond donors (Lipinski definition) is 1. The van der Waals surface area contributed by atoms with Gasteiger partial charge in [0.05, 0.1) is 6.04 Å². The van der Waals surface area contributed by atoms with Crippen LogP contribution in [0, 0.1) is 0 Å². The van der Waals surface area contributed by atoms with Gasteiger partial charge in [0.1, 0.15) is 5.82 Å². The Balaban J connectivity index is 1.60. The van der Waals surface area contributed by atoms with Crippen LogP contribution in [0.1, 0.15) is 49.8 Å². The molecule has 1 fully saturated rings. The van der Waals surface area contributed by atoms with Crippen LogP contribution < -0.4 is 10.2 Å². The van der Waals surface area contributed by atoms with Crippen LogP contribution in [0.5, 0.6) is 0 Å². The third-order valence-corrected chi connectivity index (χ3v) is 4.94. The highest BCUT2D eigenvalue weighted by Crippen LogP contribution is 2.30. The highest BCUT2D eigenvalue weighted by Gasteiger charge is 2.22. The first kappa shape index (κ1) is 17.7. The molecular formula is C19H23ClN4O. The number of halogens is 1. The fourth-order valence-corrected chi connectivity index (χ4v) is 3.53. The van der Waals surface area contributed by atoms with Crippen molar-refractivity contribution in [2.24, 2.45) is 0 Å². The van der Waals surface area contributed by atoms with E-state index < -0.39 is 0 Å². The van der Waals surface area contributed by atoms with Crippen molar-refractivity contribution in [2.75, 3.05) is 18.0 Å². The molecule has 0 saturated carbocycles. The van der Waals surface area contributed by atoms with Gasteiger partial charge >= 0.3 is 0 Å². The standard InChI is InChI=1S/C19H23ClN4O/c1-13(22-14(2)25)15-3-5-16(6-4-15)17-8-11-24(12-9-17)18-7-10-21-19(20)23-18/h3-7,10,13,17H,8-9,11-12H2,1-2H3,(H,22,25). The van der Waals surface area contributed by atoms with Gasteiger partial charge in [0.2, 0.25) is 11.2 Å². The number of hydrogen-bond acceptors (Lipinski definition) is 4. The Kier molecular flexibility index (Phi) is 5.53. The van der Waals surface area contributed by atoms with Crippen LogP contribution in [0.3, 0.4) is 0 Å². The third kappa shape index (κ3) is 4.48. The van der Waals surface area contributed by atoms with E-state index in [0.29, 0.717) is 11.2 Å². The molecular weight excluding hydrogens is 336 g/mol. The minimum atomic E-state index is -0.00577. The molecule has 1 N–H and O–H groups in total. The quantitative estimate of drug-likeness (QED) is 0.846. The van der Waals surface area contributed by atoms with Gasteiger partial charge in [0, 0.05) is 26.2 Å². The number of aromatic nitrogens is 2. The fourth-order valence-electron chi connectivity index (χ4n) is 3.39. The van der Waals surface area contributed by atoms with E-state index >= 15 is 0 Å². The van der Waals surface area contributed by atoms with Crippen LogP contribution in [0.4, 0.5) is 5.82 Å². The predicted molar refractivity (Wildman–Crippen MR) is 99.9 cm³/mol. The lowest BCUT2D eigenvalue weighted by atomic mass is 9.88. The van der Waals surface area contributed by atoms with Crippen LogP contribution in [0.15, 0.2) is 36.5 Å². The van der Waals surface area contributed by atoms with Crippen molar-refractivity contribution in [2.45, 2.75) is 38.6 Å². The van der Waals surface area contributed by atoms with Gasteiger partial charge in [-0.1, -0.05) is 24.3 Å². The van der Waals surface area contributed by atoms with Crippen molar-refractivity contribution in [1.82, 2.24) is 15.3 Å². The number of nitrogens with one attached hydrogen (secondary N) is 1. The number of amides is 1. The summed E-state index contributed by atoms with van der Waals surface area (Å²) in [5.41, 5.74) is 2.49. The predicted octanol–water partition coefficient (Wildman–Crippen LogP) is 3.71. The van der Waals surface area contributed by atoms with Crippen molar-refractivity contribution < 1.29 is 4.79 Å². The van der Waals surface area contributed by atoms with Gasteiger partial charge in [-0.25, -0.2) is 9.97 Å². The van der Waals surface area contributed by atoms with Crippen LogP contribution >= 0.6 is 11.6 Å². The maximum atomic E-state index is 11.2. The Morgan fingerprint density at radius 1 is 1.24 bits per heavy atom. The molecule has 0 aliphatic carbocycles. The molecule has 25 heavy (non-hydrogen) atoms. The van der Waals surface area contributed by atoms with E-state index in [1.807, 2.05) is 13.0 Å². The van der Waals surface area contributed by atoms with E-state index in [4.69, 9.17) is 11.6 Å². The Hall–Kier alpha value is -2.14. The van der Waals surface area contributed by atoms with E-state index in [1.54, 1.807) is 13.1 Å². The number of carbonyl (C=O) groups is 1. The van der Waals surface area contributed by atoms with E-state index in [2.05, 4.69) is 44.5 Å². The van der Waals surface area contributed by atoms with E-state index in [-0.39, 0.29) is 11.9 Å². The maximum Gasteiger partial charge on any atom is 0.224 e. The largest absolute Gasteiger partial charge is 0.356 e. The molecule has 6 heteroatoms. The lowest BCUT2D eigenvalue weighted by molar-refractivity contribution is -0.119. The number of nitrogens with zero attached hydrogens (tertiary/aromatic N) is 3. The zero-order chi connectivity index (χ0) is 17.8. The molecule has 1 aromatic carbocycles. The second-order valence-electron chi connectivity index (χ2n) is 6.53. The summed E-state index contributed by atoms with van der Waals surface area (Å²) in [4.78, 5) is 21.7. The Labute approximate surface area is 153 Å². The van der Waals surface area contributed by atoms with Gasteiger partial charge in [0.15, 0.2) is 0 Å². The molecule has 1 atom stereocenters. The lowest BCUT2D eigenvalue weighted by Gasteiger charge is -2.33. The lowest BCUT2D eigenvalue weighted by Crippen LogP contribution is -2.33. The first-order valence-electron chi connectivity index (χ1n) is 8.63. The van der Waals surface area contributed by atoms with Crippen molar-refractivity contribution in [1.29, 1.82) is 0 Å². The summed E-state index contributed by atoms with van der Waals surface area (Å²) in [5.74, 6) is 1.45. The summed E-state index contributed by atoms with van der Waals surface area (Å²) in [6.45, 7) is 5.47. The number of piperidine rings is 1. The second-order valence-corrected chi connectivity index (χ2v) is 6.87. The normalized spacial score (nSPS) is 16.5. The number of rotatable bonds is 4. The van der Waals surface area contributed by atoms with Gasteiger partial charge in [-0.05, 0) is 54.5 Å². The SMILES string of the molecule is CC(=O)NC(C)c1ccc(C2CCN(c3ccnc(Cl)n3)CC2)cc1. The fraction of sp³-hybridized carbons (Fsp3) is 0.421. The Morgan fingerprint density at radius 2 is 1.92 bits per heavy atom. The first-order valence-corrected chi connectivity index (χ1v) is 9.01. The highest BCUT2D eigenvalue weighted by atomic mass is 35.5. The zero-order valence-corrected chi connectivity index (χ0v) is 15.3. The molecule has 1 aliphatic heterocycles. The molecule has 1 aromatic heterocycles. The molecule has 0 radical (unpaired) electrons. The van der Waals surface area contributed by atoms with E-state index in [0.717, 1.165) is 37.3 Å². The van der Waals surface area contributed by atoms with Crippen LogP contribution in [-0.4, -0.2) is 29.0 Å². The average molecular weight is 359 g/mol. The minimum absolute atomic E-state index is 0.00577. The highest BCUT2D eigenvalue weighted by molar-refractivity contribution is 6.28. The molecule has 2 heterocycles. The van der Waals surface area contributed by atoms with Crippen molar-refractivity contribution in [3.05, 3.63) is 52.9 Å². The summed E-state index contributed by atoms with van der Waals surface area (Å²) in [6, 6.07) is 10.6. The number of carbonyl (C=O) groups excluding carboxylic acids is 1. The number of anilines is 1. The first-order chi connectivity index (χ1) is 12.0. The zero-order valence-electron chi connectivity index (χ0n) is 14.6. The average Bonchev–Trinajstić information content (AvgIpc) is 2.61. The molecule has 1 aliphatic rings. The van der Waals surface area contributed by atoms with Crippen LogP contribution in [-0.2, 0) is 4.79 Å². The molecule has 5 nitrogen and oxygen atoms in total. The van der Waals surface area contributed by atoms with Crippen molar-refractivity contribution >= 4 is 23.3 Å². The van der Waals surface area contributed by atoms with Crippen molar-refractivity contribution in [3.63, 3.8) is 0 Å². The van der Waals surface area contributed by atoms with Crippen molar-refractivity contribution in [3.8, 4) is 0 Å². The van der Waals surface area contributed by atoms with Crippen LogP contribution in [0.2, 0.25) is 5.28 Å². The second kappa shape index (κ2) is 7.83. The van der Waals surface area contributed by atoms with Crippen LogP contribution in [0.25, 0.3) is 0 Å². The molecule has 3 rings (SSSR count). The summed E-state index contributed by atoms with van der Waals surface area (Å²) in [6.07, 6.45) is 3.87. The summed E-state index contributed by atoms with van der Waals surface area (Å²) in [5, 5.41) is 3.21. The van der Waals surface area contributed by atoms with Gasteiger partial charge in [0.25, 0.3) is 0 Å². The van der Waals surface area contributed by atoms with Gasteiger partial charge < -0.3 is 10.2 Å². The molecule has 2 aromatic rings. The maximum absolute atomic E-state index is 11.2. The monoisotopic (exact) mass is 358 g/mol. The Morgan fingerprint density at radius 3 is 2.52 bits per heavy atom. The molecule has 1 unspecified atom stereocenters. The third-order valence-electron chi connectivity index (χ3n) is 4.76. The van der Waals surface area contributed by atoms with E-state index in [1.165, 1.54) is 5.56 Å². The molecule has 1 saturated heterocycles. The summed E-state index contributed by atoms with van der Waals surface area (Å²) < 4.78 is 0. The van der Waals surface area contributed by atoms with Gasteiger partial charge in [-0.15, -0.1) is 0 Å². The topological polar surface area (TPSA) is 58.1 Å². The molecule has 0 bridgehead atoms. The summed E-state index contributed by atoms with van der Waals surface area (Å²) in [7, 11) is 0. The molecule has 132 valence electrons. The van der Waals surface area contributed by atoms with Gasteiger partial charge in [-0.2, -0.15) is 0 Å².